The van der Waals surface area contributed by atoms with Crippen LogP contribution < -0.4 is 5.73 Å². The van der Waals surface area contributed by atoms with Crippen molar-refractivity contribution in [2.24, 2.45) is 5.73 Å². The quantitative estimate of drug-likeness (QED) is 0.848. The molecular weight excluding hydrogens is 198 g/mol. The van der Waals surface area contributed by atoms with Crippen molar-refractivity contribution in [3.8, 4) is 0 Å². The third kappa shape index (κ3) is 2.01. The molecule has 88 valence electrons. The molecular formula is C13H21N3. The third-order valence-electron chi connectivity index (χ3n) is 4.10. The SMILES string of the molecule is NC1(Cc2ccnn2C2CCCCC2)CC1. The van der Waals surface area contributed by atoms with Gasteiger partial charge in [0.25, 0.3) is 0 Å². The highest BCUT2D eigenvalue weighted by Crippen LogP contribution is 2.37. The molecule has 2 N–H and O–H groups in total. The van der Waals surface area contributed by atoms with Crippen LogP contribution in [0.15, 0.2) is 12.3 Å². The van der Waals surface area contributed by atoms with E-state index in [1.807, 2.05) is 6.20 Å². The zero-order valence-electron chi connectivity index (χ0n) is 9.86. The first-order chi connectivity index (χ1) is 7.77. The monoisotopic (exact) mass is 219 g/mol. The van der Waals surface area contributed by atoms with E-state index in [0.717, 1.165) is 6.42 Å². The molecule has 3 rings (SSSR count). The first kappa shape index (κ1) is 10.3. The second-order valence-corrected chi connectivity index (χ2v) is 5.60. The van der Waals surface area contributed by atoms with Gasteiger partial charge in [0, 0.05) is 23.9 Å². The Labute approximate surface area is 97.0 Å². The van der Waals surface area contributed by atoms with Crippen molar-refractivity contribution in [3.63, 3.8) is 0 Å². The van der Waals surface area contributed by atoms with Crippen molar-refractivity contribution in [1.82, 2.24) is 9.78 Å². The Balaban J connectivity index is 1.75. The maximum absolute atomic E-state index is 6.20. The lowest BCUT2D eigenvalue weighted by Crippen LogP contribution is -2.27. The predicted molar refractivity (Wildman–Crippen MR) is 64.2 cm³/mol. The fourth-order valence-electron chi connectivity index (χ4n) is 2.83. The van der Waals surface area contributed by atoms with Crippen molar-refractivity contribution in [2.45, 2.75) is 62.9 Å². The molecule has 0 unspecified atom stereocenters. The largest absolute Gasteiger partial charge is 0.325 e. The van der Waals surface area contributed by atoms with E-state index in [1.54, 1.807) is 0 Å². The van der Waals surface area contributed by atoms with Crippen LogP contribution >= 0.6 is 0 Å². The normalized spacial score (nSPS) is 24.6. The van der Waals surface area contributed by atoms with E-state index >= 15 is 0 Å². The Hall–Kier alpha value is -0.830. The van der Waals surface area contributed by atoms with Crippen LogP contribution in [-0.2, 0) is 6.42 Å². The number of hydrogen-bond acceptors (Lipinski definition) is 2. The van der Waals surface area contributed by atoms with Crippen LogP contribution in [0.1, 0.15) is 56.7 Å². The first-order valence-electron chi connectivity index (χ1n) is 6.58. The number of nitrogens with zero attached hydrogens (tertiary/aromatic N) is 2. The van der Waals surface area contributed by atoms with Crippen molar-refractivity contribution >= 4 is 0 Å². The molecule has 2 fully saturated rings. The summed E-state index contributed by atoms with van der Waals surface area (Å²) >= 11 is 0. The highest BCUT2D eigenvalue weighted by atomic mass is 15.3. The van der Waals surface area contributed by atoms with Crippen molar-refractivity contribution in [2.75, 3.05) is 0 Å². The molecule has 0 atom stereocenters. The van der Waals surface area contributed by atoms with Crippen LogP contribution in [-0.4, -0.2) is 15.3 Å². The van der Waals surface area contributed by atoms with Gasteiger partial charge in [-0.25, -0.2) is 0 Å². The maximum Gasteiger partial charge on any atom is 0.0522 e. The van der Waals surface area contributed by atoms with Crippen LogP contribution in [0.2, 0.25) is 0 Å². The average molecular weight is 219 g/mol. The fourth-order valence-corrected chi connectivity index (χ4v) is 2.83. The summed E-state index contributed by atoms with van der Waals surface area (Å²) in [6.07, 6.45) is 12.0. The van der Waals surface area contributed by atoms with Gasteiger partial charge in [-0.1, -0.05) is 19.3 Å². The summed E-state index contributed by atoms with van der Waals surface area (Å²) in [5, 5.41) is 4.51. The van der Waals surface area contributed by atoms with Gasteiger partial charge >= 0.3 is 0 Å². The summed E-state index contributed by atoms with van der Waals surface area (Å²) in [4.78, 5) is 0. The third-order valence-corrected chi connectivity index (χ3v) is 4.10. The molecule has 0 amide bonds. The van der Waals surface area contributed by atoms with E-state index in [9.17, 15) is 0 Å². The van der Waals surface area contributed by atoms with E-state index in [0.29, 0.717) is 6.04 Å². The molecule has 2 aliphatic rings. The summed E-state index contributed by atoms with van der Waals surface area (Å²) < 4.78 is 2.26. The van der Waals surface area contributed by atoms with Crippen LogP contribution in [0, 0.1) is 0 Å². The van der Waals surface area contributed by atoms with Gasteiger partial charge in [0.15, 0.2) is 0 Å². The Bertz CT molecular complexity index is 359. The molecule has 0 saturated heterocycles. The molecule has 1 aromatic heterocycles. The van der Waals surface area contributed by atoms with Gasteiger partial charge in [0.05, 0.1) is 6.04 Å². The number of rotatable bonds is 3. The summed E-state index contributed by atoms with van der Waals surface area (Å²) in [5.74, 6) is 0. The minimum atomic E-state index is 0.104. The zero-order chi connectivity index (χ0) is 11.0. The number of nitrogens with two attached hydrogens (primary N) is 1. The van der Waals surface area contributed by atoms with Gasteiger partial charge in [0.2, 0.25) is 0 Å². The van der Waals surface area contributed by atoms with E-state index in [1.165, 1.54) is 50.6 Å². The van der Waals surface area contributed by atoms with Gasteiger partial charge < -0.3 is 5.73 Å². The number of aromatic nitrogens is 2. The van der Waals surface area contributed by atoms with Crippen molar-refractivity contribution < 1.29 is 0 Å². The predicted octanol–water partition coefficient (Wildman–Crippen LogP) is 2.42. The van der Waals surface area contributed by atoms with Crippen molar-refractivity contribution in [3.05, 3.63) is 18.0 Å². The lowest BCUT2D eigenvalue weighted by molar-refractivity contribution is 0.320. The molecule has 2 aliphatic carbocycles. The molecule has 1 aromatic rings. The second-order valence-electron chi connectivity index (χ2n) is 5.60. The molecule has 0 aliphatic heterocycles. The molecule has 16 heavy (non-hydrogen) atoms. The van der Waals surface area contributed by atoms with E-state index in [2.05, 4.69) is 15.8 Å². The molecule has 2 saturated carbocycles. The Kier molecular flexibility index (Phi) is 2.51. The summed E-state index contributed by atoms with van der Waals surface area (Å²) in [6, 6.07) is 2.79. The van der Waals surface area contributed by atoms with Gasteiger partial charge in [0.1, 0.15) is 0 Å². The molecule has 1 heterocycles. The van der Waals surface area contributed by atoms with Crippen LogP contribution in [0.4, 0.5) is 0 Å². The molecule has 0 spiro atoms. The van der Waals surface area contributed by atoms with Gasteiger partial charge in [-0.15, -0.1) is 0 Å². The molecule has 3 heteroatoms. The molecule has 3 nitrogen and oxygen atoms in total. The minimum absolute atomic E-state index is 0.104. The molecule has 0 aromatic carbocycles. The fraction of sp³-hybridized carbons (Fsp3) is 0.769. The van der Waals surface area contributed by atoms with E-state index < -0.39 is 0 Å². The standard InChI is InChI=1S/C13H21N3/c14-13(7-8-13)10-12-6-9-15-16(12)11-4-2-1-3-5-11/h6,9,11H,1-5,7-8,10,14H2. The van der Waals surface area contributed by atoms with Crippen molar-refractivity contribution in [1.29, 1.82) is 0 Å². The first-order valence-corrected chi connectivity index (χ1v) is 6.58. The maximum atomic E-state index is 6.20. The highest BCUT2D eigenvalue weighted by Gasteiger charge is 2.39. The van der Waals surface area contributed by atoms with Gasteiger partial charge in [-0.2, -0.15) is 5.10 Å². The van der Waals surface area contributed by atoms with E-state index in [4.69, 9.17) is 5.73 Å². The zero-order valence-corrected chi connectivity index (χ0v) is 9.86. The van der Waals surface area contributed by atoms with Gasteiger partial charge in [-0.05, 0) is 31.7 Å². The average Bonchev–Trinajstić information content (AvgIpc) is 2.86. The second kappa shape index (κ2) is 3.88. The lowest BCUT2D eigenvalue weighted by Gasteiger charge is -2.24. The molecule has 0 bridgehead atoms. The minimum Gasteiger partial charge on any atom is -0.325 e. The van der Waals surface area contributed by atoms with Gasteiger partial charge in [-0.3, -0.25) is 4.68 Å². The molecule has 0 radical (unpaired) electrons. The summed E-state index contributed by atoms with van der Waals surface area (Å²) in [6.45, 7) is 0. The van der Waals surface area contributed by atoms with Crippen LogP contribution in [0.3, 0.4) is 0 Å². The topological polar surface area (TPSA) is 43.8 Å². The number of hydrogen-bond donors (Lipinski definition) is 1. The summed E-state index contributed by atoms with van der Waals surface area (Å²) in [5.41, 5.74) is 7.65. The van der Waals surface area contributed by atoms with Crippen LogP contribution in [0.25, 0.3) is 0 Å². The lowest BCUT2D eigenvalue weighted by atomic mass is 9.95. The van der Waals surface area contributed by atoms with E-state index in [-0.39, 0.29) is 5.54 Å². The smallest absolute Gasteiger partial charge is 0.0522 e. The highest BCUT2D eigenvalue weighted by molar-refractivity contribution is 5.13. The Morgan fingerprint density at radius 2 is 2.06 bits per heavy atom. The Morgan fingerprint density at radius 3 is 2.75 bits per heavy atom. The van der Waals surface area contributed by atoms with Crippen LogP contribution in [0.5, 0.6) is 0 Å². The Morgan fingerprint density at radius 1 is 1.31 bits per heavy atom. The summed E-state index contributed by atoms with van der Waals surface area (Å²) in [7, 11) is 0.